The van der Waals surface area contributed by atoms with Gasteiger partial charge in [0.15, 0.2) is 0 Å². The second-order valence-electron chi connectivity index (χ2n) is 7.09. The van der Waals surface area contributed by atoms with Crippen LogP contribution in [0.25, 0.3) is 0 Å². The van der Waals surface area contributed by atoms with Crippen LogP contribution in [0.4, 0.5) is 16.2 Å². The van der Waals surface area contributed by atoms with Crippen LogP contribution in [0.2, 0.25) is 5.02 Å². The molecule has 126 valence electrons. The first-order chi connectivity index (χ1) is 10.8. The Morgan fingerprint density at radius 2 is 1.91 bits per heavy atom. The number of ether oxygens (including phenoxy) is 1. The van der Waals surface area contributed by atoms with E-state index >= 15 is 0 Å². The monoisotopic (exact) mass is 337 g/mol. The number of hydrogen-bond acceptors (Lipinski definition) is 4. The minimum absolute atomic E-state index is 0.237. The number of anilines is 2. The van der Waals surface area contributed by atoms with Crippen LogP contribution in [0.5, 0.6) is 0 Å². The van der Waals surface area contributed by atoms with Gasteiger partial charge in [0, 0.05) is 38.4 Å². The molecule has 0 aliphatic carbocycles. The van der Waals surface area contributed by atoms with E-state index in [0.29, 0.717) is 13.1 Å². The number of benzene rings is 1. The fraction of sp³-hybridized carbons (Fsp3) is 0.588. The van der Waals surface area contributed by atoms with Gasteiger partial charge in [0.25, 0.3) is 0 Å². The molecule has 1 aromatic carbocycles. The minimum atomic E-state index is -0.455. The molecule has 0 aromatic heterocycles. The summed E-state index contributed by atoms with van der Waals surface area (Å²) in [5.41, 5.74) is 3.05. The number of piperazine rings is 1. The fourth-order valence-corrected chi connectivity index (χ4v) is 3.31. The Labute approximate surface area is 142 Å². The zero-order valence-corrected chi connectivity index (χ0v) is 14.7. The van der Waals surface area contributed by atoms with Gasteiger partial charge in [0.1, 0.15) is 5.60 Å². The zero-order chi connectivity index (χ0) is 16.6. The Hall–Kier alpha value is -1.62. The van der Waals surface area contributed by atoms with E-state index < -0.39 is 5.60 Å². The van der Waals surface area contributed by atoms with Crippen molar-refractivity contribution in [1.29, 1.82) is 0 Å². The molecule has 23 heavy (non-hydrogen) atoms. The van der Waals surface area contributed by atoms with Gasteiger partial charge in [-0.1, -0.05) is 11.6 Å². The number of rotatable bonds is 1. The molecule has 5 nitrogen and oxygen atoms in total. The highest BCUT2D eigenvalue weighted by molar-refractivity contribution is 6.33. The highest BCUT2D eigenvalue weighted by atomic mass is 35.5. The molecule has 1 aromatic rings. The molecule has 1 N–H and O–H groups in total. The molecular weight excluding hydrogens is 314 g/mol. The second-order valence-corrected chi connectivity index (χ2v) is 7.50. The summed E-state index contributed by atoms with van der Waals surface area (Å²) in [7, 11) is 0. The maximum Gasteiger partial charge on any atom is 0.410 e. The summed E-state index contributed by atoms with van der Waals surface area (Å²) in [6.07, 6.45) is 0.792. The number of halogens is 1. The van der Waals surface area contributed by atoms with Crippen molar-refractivity contribution in [3.8, 4) is 0 Å². The minimum Gasteiger partial charge on any atom is -0.444 e. The zero-order valence-electron chi connectivity index (χ0n) is 14.0. The van der Waals surface area contributed by atoms with Gasteiger partial charge in [0.2, 0.25) is 0 Å². The van der Waals surface area contributed by atoms with Crippen LogP contribution in [-0.4, -0.2) is 49.3 Å². The topological polar surface area (TPSA) is 44.8 Å². The summed E-state index contributed by atoms with van der Waals surface area (Å²) in [6.45, 7) is 9.46. The third-order valence-corrected chi connectivity index (χ3v) is 4.46. The van der Waals surface area contributed by atoms with Crippen molar-refractivity contribution >= 4 is 29.1 Å². The highest BCUT2D eigenvalue weighted by Crippen LogP contribution is 2.35. The lowest BCUT2D eigenvalue weighted by Gasteiger charge is -2.37. The summed E-state index contributed by atoms with van der Waals surface area (Å²) in [5.74, 6) is 0. The molecule has 1 amide bonds. The van der Waals surface area contributed by atoms with Crippen LogP contribution in [0.3, 0.4) is 0 Å². The van der Waals surface area contributed by atoms with Crippen molar-refractivity contribution in [3.05, 3.63) is 22.7 Å². The number of carbonyl (C=O) groups excluding carboxylic acids is 1. The Balaban J connectivity index is 1.64. The Morgan fingerprint density at radius 1 is 1.22 bits per heavy atom. The summed E-state index contributed by atoms with van der Waals surface area (Å²) in [5, 5.41) is 4.18. The first-order valence-electron chi connectivity index (χ1n) is 8.13. The van der Waals surface area contributed by atoms with Gasteiger partial charge in [-0.15, -0.1) is 0 Å². The number of nitrogens with zero attached hydrogens (tertiary/aromatic N) is 2. The van der Waals surface area contributed by atoms with Gasteiger partial charge in [-0.2, -0.15) is 0 Å². The van der Waals surface area contributed by atoms with Crippen molar-refractivity contribution in [2.24, 2.45) is 0 Å². The van der Waals surface area contributed by atoms with E-state index in [9.17, 15) is 4.79 Å². The summed E-state index contributed by atoms with van der Waals surface area (Å²) in [4.78, 5) is 16.1. The lowest BCUT2D eigenvalue weighted by atomic mass is 10.1. The average molecular weight is 338 g/mol. The summed E-state index contributed by atoms with van der Waals surface area (Å²) < 4.78 is 5.43. The molecule has 0 unspecified atom stereocenters. The van der Waals surface area contributed by atoms with Crippen LogP contribution in [0.1, 0.15) is 26.3 Å². The second kappa shape index (κ2) is 6.11. The third-order valence-electron chi connectivity index (χ3n) is 4.15. The van der Waals surface area contributed by atoms with E-state index in [0.717, 1.165) is 36.8 Å². The Morgan fingerprint density at radius 3 is 2.57 bits per heavy atom. The van der Waals surface area contributed by atoms with Crippen molar-refractivity contribution in [2.45, 2.75) is 32.8 Å². The number of fused-ring (bicyclic) bond motifs is 1. The maximum absolute atomic E-state index is 12.1. The molecule has 0 bridgehead atoms. The van der Waals surface area contributed by atoms with Crippen molar-refractivity contribution in [3.63, 3.8) is 0 Å². The average Bonchev–Trinajstić information content (AvgIpc) is 2.92. The van der Waals surface area contributed by atoms with Crippen molar-refractivity contribution < 1.29 is 9.53 Å². The SMILES string of the molecule is CC(C)(C)OC(=O)N1CCN(c2cc3c(cc2Cl)CCN3)CC1. The number of amides is 1. The largest absolute Gasteiger partial charge is 0.444 e. The quantitative estimate of drug-likeness (QED) is 0.853. The number of nitrogens with one attached hydrogen (secondary N) is 1. The van der Waals surface area contributed by atoms with Gasteiger partial charge < -0.3 is 19.9 Å². The predicted octanol–water partition coefficient (Wildman–Crippen LogP) is 3.37. The Bertz CT molecular complexity index is 605. The van der Waals surface area contributed by atoms with Gasteiger partial charge >= 0.3 is 6.09 Å². The van der Waals surface area contributed by atoms with E-state index in [1.807, 2.05) is 20.8 Å². The van der Waals surface area contributed by atoms with Crippen LogP contribution < -0.4 is 10.2 Å². The van der Waals surface area contributed by atoms with Crippen LogP contribution >= 0.6 is 11.6 Å². The fourth-order valence-electron chi connectivity index (χ4n) is 3.01. The first-order valence-corrected chi connectivity index (χ1v) is 8.50. The summed E-state index contributed by atoms with van der Waals surface area (Å²) in [6, 6.07) is 4.19. The van der Waals surface area contributed by atoms with E-state index in [2.05, 4.69) is 22.3 Å². The molecule has 0 radical (unpaired) electrons. The normalized spacial score (nSPS) is 17.7. The van der Waals surface area contributed by atoms with E-state index in [1.54, 1.807) is 4.90 Å². The smallest absolute Gasteiger partial charge is 0.410 e. The molecule has 2 aliphatic heterocycles. The first kappa shape index (κ1) is 16.2. The number of carbonyl (C=O) groups is 1. The van der Waals surface area contributed by atoms with Crippen LogP contribution in [-0.2, 0) is 11.2 Å². The van der Waals surface area contributed by atoms with Gasteiger partial charge in [-0.05, 0) is 44.9 Å². The molecule has 1 saturated heterocycles. The van der Waals surface area contributed by atoms with E-state index in [1.165, 1.54) is 11.3 Å². The summed E-state index contributed by atoms with van der Waals surface area (Å²) >= 11 is 6.45. The van der Waals surface area contributed by atoms with Gasteiger partial charge in [-0.25, -0.2) is 4.79 Å². The third kappa shape index (κ3) is 3.66. The highest BCUT2D eigenvalue weighted by Gasteiger charge is 2.27. The van der Waals surface area contributed by atoms with Crippen molar-refractivity contribution in [1.82, 2.24) is 4.90 Å². The lowest BCUT2D eigenvalue weighted by Crippen LogP contribution is -2.50. The molecule has 0 atom stereocenters. The molecule has 2 aliphatic rings. The van der Waals surface area contributed by atoms with Crippen molar-refractivity contribution in [2.75, 3.05) is 42.9 Å². The van der Waals surface area contributed by atoms with Gasteiger partial charge in [-0.3, -0.25) is 0 Å². The van der Waals surface area contributed by atoms with E-state index in [4.69, 9.17) is 16.3 Å². The predicted molar refractivity (Wildman–Crippen MR) is 93.7 cm³/mol. The number of hydrogen-bond donors (Lipinski definition) is 1. The molecule has 0 spiro atoms. The Kier molecular flexibility index (Phi) is 4.32. The maximum atomic E-state index is 12.1. The molecule has 1 fully saturated rings. The molecule has 2 heterocycles. The van der Waals surface area contributed by atoms with Gasteiger partial charge in [0.05, 0.1) is 10.7 Å². The molecular formula is C17H24ClN3O2. The van der Waals surface area contributed by atoms with Crippen LogP contribution in [0, 0.1) is 0 Å². The molecule has 0 saturated carbocycles. The lowest BCUT2D eigenvalue weighted by molar-refractivity contribution is 0.0240. The molecule has 3 rings (SSSR count). The van der Waals surface area contributed by atoms with Crippen LogP contribution in [0.15, 0.2) is 12.1 Å². The standard InChI is InChI=1S/C17H24ClN3O2/c1-17(2,3)23-16(22)21-8-6-20(7-9-21)15-11-14-12(4-5-19-14)10-13(15)18/h10-11,19H,4-9H2,1-3H3. The molecule has 6 heteroatoms. The van der Waals surface area contributed by atoms with E-state index in [-0.39, 0.29) is 6.09 Å².